The lowest BCUT2D eigenvalue weighted by Crippen LogP contribution is -2.43. The molecule has 12 heteroatoms. The quantitative estimate of drug-likeness (QED) is 0.274. The van der Waals surface area contributed by atoms with Crippen LogP contribution in [0.3, 0.4) is 0 Å². The van der Waals surface area contributed by atoms with Crippen molar-refractivity contribution < 1.29 is 27.9 Å². The fraction of sp³-hybridized carbons (Fsp3) is 0.296. The molecule has 39 heavy (non-hydrogen) atoms. The van der Waals surface area contributed by atoms with Crippen LogP contribution in [0.1, 0.15) is 32.1 Å². The Morgan fingerprint density at radius 3 is 2.38 bits per heavy atom. The van der Waals surface area contributed by atoms with Crippen LogP contribution in [-0.4, -0.2) is 61.2 Å². The zero-order valence-electron chi connectivity index (χ0n) is 21.4. The van der Waals surface area contributed by atoms with Gasteiger partial charge < -0.3 is 10.4 Å². The molecule has 8 nitrogen and oxygen atoms in total. The maximum Gasteiger partial charge on any atom is 0.305 e. The number of carbonyl (C=O) groups is 3. The molecule has 1 amide bonds. The molecular formula is C27H29ClN2O6S3. The Balaban J connectivity index is 1.55. The number of sulfone groups is 1. The minimum Gasteiger partial charge on any atom is -0.481 e. The summed E-state index contributed by atoms with van der Waals surface area (Å²) >= 11 is 8.72. The molecule has 1 aromatic heterocycles. The predicted molar refractivity (Wildman–Crippen MR) is 155 cm³/mol. The number of carboxylic acid groups (broad SMARTS) is 1. The number of hydrogen-bond donors (Lipinski definition) is 2. The van der Waals surface area contributed by atoms with Crippen LogP contribution in [0.15, 0.2) is 65.6 Å². The molecule has 0 unspecified atom stereocenters. The summed E-state index contributed by atoms with van der Waals surface area (Å²) in [7, 11) is -1.34. The van der Waals surface area contributed by atoms with Gasteiger partial charge in [-0.15, -0.1) is 23.1 Å². The topological polar surface area (TPSA) is 121 Å². The highest BCUT2D eigenvalue weighted by Crippen LogP contribution is 2.22. The molecule has 208 valence electrons. The third-order valence-electron chi connectivity index (χ3n) is 5.65. The zero-order valence-corrected chi connectivity index (χ0v) is 24.6. The Bertz CT molecular complexity index is 1420. The summed E-state index contributed by atoms with van der Waals surface area (Å²) < 4.78 is 23.3. The number of nitrogens with one attached hydrogen (secondary N) is 1. The van der Waals surface area contributed by atoms with E-state index >= 15 is 0 Å². The zero-order chi connectivity index (χ0) is 28.6. The van der Waals surface area contributed by atoms with Crippen molar-refractivity contribution in [2.75, 3.05) is 19.1 Å². The van der Waals surface area contributed by atoms with Gasteiger partial charge in [0.1, 0.15) is 0 Å². The minimum absolute atomic E-state index is 0.0368. The van der Waals surface area contributed by atoms with Crippen molar-refractivity contribution in [3.63, 3.8) is 0 Å². The number of thiophene rings is 1. The van der Waals surface area contributed by atoms with Gasteiger partial charge in [-0.3, -0.25) is 19.3 Å². The number of nitrogens with zero attached hydrogens (tertiary/aromatic N) is 1. The smallest absolute Gasteiger partial charge is 0.305 e. The molecule has 0 aliphatic carbocycles. The second kappa shape index (κ2) is 14.1. The molecule has 0 radical (unpaired) electrons. The van der Waals surface area contributed by atoms with Gasteiger partial charge in [-0.25, -0.2) is 8.42 Å². The predicted octanol–water partition coefficient (Wildman–Crippen LogP) is 4.51. The lowest BCUT2D eigenvalue weighted by atomic mass is 10.1. The van der Waals surface area contributed by atoms with Crippen molar-refractivity contribution in [1.29, 1.82) is 0 Å². The molecule has 0 fully saturated rings. The van der Waals surface area contributed by atoms with Gasteiger partial charge in [-0.2, -0.15) is 0 Å². The molecule has 0 saturated carbocycles. The first-order valence-corrected chi connectivity index (χ1v) is 16.1. The van der Waals surface area contributed by atoms with Crippen LogP contribution in [0.2, 0.25) is 5.02 Å². The maximum absolute atomic E-state index is 12.9. The summed E-state index contributed by atoms with van der Waals surface area (Å²) in [5.41, 5.74) is 1.82. The molecule has 0 aliphatic heterocycles. The van der Waals surface area contributed by atoms with E-state index < -0.39 is 34.2 Å². The van der Waals surface area contributed by atoms with E-state index in [-0.39, 0.29) is 16.4 Å². The molecule has 0 bridgehead atoms. The monoisotopic (exact) mass is 608 g/mol. The Kier molecular flexibility index (Phi) is 11.1. The van der Waals surface area contributed by atoms with E-state index in [0.717, 1.165) is 16.0 Å². The van der Waals surface area contributed by atoms with E-state index in [1.807, 2.05) is 36.2 Å². The summed E-state index contributed by atoms with van der Waals surface area (Å²) in [5, 5.41) is 12.5. The number of rotatable bonds is 14. The standard InChI is InChI=1S/C27H29ClN2O6S3/c1-30(14-18-7-10-21(11-8-18)39(2,35)36)15-20-9-12-25(38-20)27(34)29-23(13-26(32)33)24(31)17-37-16-19-5-3-4-6-22(19)28/h3-12,23H,13-17H2,1-2H3,(H,29,34)(H,32,33)/t23-/m0/s1. The van der Waals surface area contributed by atoms with Crippen LogP contribution in [0.25, 0.3) is 0 Å². The van der Waals surface area contributed by atoms with Crippen molar-refractivity contribution in [1.82, 2.24) is 10.2 Å². The van der Waals surface area contributed by atoms with Gasteiger partial charge in [0.05, 0.1) is 28.0 Å². The third kappa shape index (κ3) is 9.77. The first-order chi connectivity index (χ1) is 18.4. The molecule has 3 aromatic rings. The Morgan fingerprint density at radius 2 is 1.74 bits per heavy atom. The number of thioether (sulfide) groups is 1. The second-order valence-electron chi connectivity index (χ2n) is 9.03. The number of carbonyl (C=O) groups excluding carboxylic acids is 2. The summed E-state index contributed by atoms with van der Waals surface area (Å²) in [4.78, 5) is 40.5. The highest BCUT2D eigenvalue weighted by Gasteiger charge is 2.25. The molecule has 2 aromatic carbocycles. The van der Waals surface area contributed by atoms with Crippen molar-refractivity contribution in [2.45, 2.75) is 36.2 Å². The average molecular weight is 609 g/mol. The highest BCUT2D eigenvalue weighted by atomic mass is 35.5. The van der Waals surface area contributed by atoms with Gasteiger partial charge in [0.2, 0.25) is 0 Å². The first-order valence-electron chi connectivity index (χ1n) is 11.8. The fourth-order valence-corrected chi connectivity index (χ4v) is 6.57. The average Bonchev–Trinajstić information content (AvgIpc) is 3.32. The molecule has 0 aliphatic rings. The number of carboxylic acids is 1. The molecule has 0 saturated heterocycles. The van der Waals surface area contributed by atoms with Gasteiger partial charge in [-0.1, -0.05) is 41.9 Å². The van der Waals surface area contributed by atoms with E-state index in [1.165, 1.54) is 29.4 Å². The summed E-state index contributed by atoms with van der Waals surface area (Å²) in [6, 6.07) is 16.3. The van der Waals surface area contributed by atoms with Gasteiger partial charge in [0, 0.05) is 35.0 Å². The normalized spacial score (nSPS) is 12.3. The molecule has 1 atom stereocenters. The van der Waals surface area contributed by atoms with Crippen molar-refractivity contribution >= 4 is 62.2 Å². The van der Waals surface area contributed by atoms with Crippen molar-refractivity contribution in [2.24, 2.45) is 0 Å². The first kappa shape index (κ1) is 30.8. The van der Waals surface area contributed by atoms with Crippen molar-refractivity contribution in [3.8, 4) is 0 Å². The van der Waals surface area contributed by atoms with E-state index in [0.29, 0.717) is 28.7 Å². The van der Waals surface area contributed by atoms with Gasteiger partial charge >= 0.3 is 5.97 Å². The SMILES string of the molecule is CN(Cc1ccc(S(C)(=O)=O)cc1)Cc1ccc(C(=O)N[C@@H](CC(=O)O)C(=O)CSCc2ccccc2Cl)s1. The van der Waals surface area contributed by atoms with E-state index in [9.17, 15) is 27.9 Å². The molecule has 1 heterocycles. The number of Topliss-reactive ketones (excluding diaryl/α,β-unsaturated/α-hetero) is 1. The van der Waals surface area contributed by atoms with Gasteiger partial charge in [-0.05, 0) is 48.5 Å². The molecular weight excluding hydrogens is 580 g/mol. The summed E-state index contributed by atoms with van der Waals surface area (Å²) in [6.07, 6.45) is 0.663. The van der Waals surface area contributed by atoms with E-state index in [4.69, 9.17) is 11.6 Å². The van der Waals surface area contributed by atoms with Gasteiger partial charge in [0.25, 0.3) is 5.91 Å². The summed E-state index contributed by atoms with van der Waals surface area (Å²) in [6.45, 7) is 1.12. The second-order valence-corrected chi connectivity index (χ2v) is 13.6. The minimum atomic E-state index is -3.25. The highest BCUT2D eigenvalue weighted by molar-refractivity contribution is 7.99. The van der Waals surface area contributed by atoms with Crippen LogP contribution in [0, 0.1) is 0 Å². The molecule has 2 N–H and O–H groups in total. The number of ketones is 1. The van der Waals surface area contributed by atoms with Gasteiger partial charge in [0.15, 0.2) is 15.6 Å². The van der Waals surface area contributed by atoms with Crippen LogP contribution in [0.5, 0.6) is 0 Å². The lowest BCUT2D eigenvalue weighted by molar-refractivity contribution is -0.139. The number of hydrogen-bond acceptors (Lipinski definition) is 8. The largest absolute Gasteiger partial charge is 0.481 e. The van der Waals surface area contributed by atoms with Crippen LogP contribution < -0.4 is 5.32 Å². The van der Waals surface area contributed by atoms with Crippen LogP contribution >= 0.6 is 34.7 Å². The van der Waals surface area contributed by atoms with Crippen molar-refractivity contribution in [3.05, 3.63) is 86.6 Å². The Morgan fingerprint density at radius 1 is 1.05 bits per heavy atom. The number of benzene rings is 2. The Hall–Kier alpha value is -2.70. The maximum atomic E-state index is 12.9. The molecule has 0 spiro atoms. The van der Waals surface area contributed by atoms with Crippen LogP contribution in [0.4, 0.5) is 0 Å². The Labute approximate surface area is 241 Å². The number of amides is 1. The van der Waals surface area contributed by atoms with E-state index in [1.54, 1.807) is 36.4 Å². The van der Waals surface area contributed by atoms with Crippen LogP contribution in [-0.2, 0) is 38.3 Å². The number of aliphatic carboxylic acids is 1. The fourth-order valence-electron chi connectivity index (χ4n) is 3.69. The van der Waals surface area contributed by atoms with E-state index in [2.05, 4.69) is 5.32 Å². The summed E-state index contributed by atoms with van der Waals surface area (Å²) in [5.74, 6) is -1.53. The lowest BCUT2D eigenvalue weighted by Gasteiger charge is -2.16. The third-order valence-corrected chi connectivity index (χ3v) is 9.22. The molecule has 3 rings (SSSR count). The number of halogens is 1.